The van der Waals surface area contributed by atoms with Gasteiger partial charge in [0.2, 0.25) is 4.73 Å². The summed E-state index contributed by atoms with van der Waals surface area (Å²) in [7, 11) is -1.82. The second-order valence-corrected chi connectivity index (χ2v) is 12.3. The van der Waals surface area contributed by atoms with Crippen molar-refractivity contribution in [2.24, 2.45) is 0 Å². The molecular formula is C11H21Br2N3O2Si. The quantitative estimate of drug-likeness (QED) is 0.751. The molecule has 1 unspecified atom stereocenters. The van der Waals surface area contributed by atoms with Gasteiger partial charge in [-0.05, 0) is 50.0 Å². The van der Waals surface area contributed by atoms with Crippen LogP contribution in [0, 0.1) is 0 Å². The zero-order chi connectivity index (χ0) is 14.8. The zero-order valence-electron chi connectivity index (χ0n) is 11.9. The number of halogens is 2. The Labute approximate surface area is 132 Å². The van der Waals surface area contributed by atoms with Crippen molar-refractivity contribution in [3.63, 3.8) is 0 Å². The SMILES string of the molecule is CC(C)(C)[Si](C)(C)OCC(O)Cn1nc(Br)nc1Br. The predicted octanol–water partition coefficient (Wildman–Crippen LogP) is 3.19. The molecule has 1 aromatic rings. The molecule has 0 saturated carbocycles. The molecule has 19 heavy (non-hydrogen) atoms. The summed E-state index contributed by atoms with van der Waals surface area (Å²) in [5.41, 5.74) is 0. The third-order valence-corrected chi connectivity index (χ3v) is 8.85. The molecule has 0 aliphatic rings. The lowest BCUT2D eigenvalue weighted by molar-refractivity contribution is 0.0820. The number of aliphatic hydroxyl groups is 1. The van der Waals surface area contributed by atoms with E-state index < -0.39 is 14.4 Å². The third kappa shape index (κ3) is 4.93. The molecule has 8 heteroatoms. The van der Waals surface area contributed by atoms with Gasteiger partial charge in [0, 0.05) is 0 Å². The van der Waals surface area contributed by atoms with Crippen LogP contribution in [0.5, 0.6) is 0 Å². The van der Waals surface area contributed by atoms with E-state index in [1.807, 2.05) is 0 Å². The van der Waals surface area contributed by atoms with Crippen molar-refractivity contribution < 1.29 is 9.53 Å². The lowest BCUT2D eigenvalue weighted by Crippen LogP contribution is -2.43. The topological polar surface area (TPSA) is 60.2 Å². The summed E-state index contributed by atoms with van der Waals surface area (Å²) in [6.45, 7) is 11.5. The van der Waals surface area contributed by atoms with Crippen LogP contribution in [0.2, 0.25) is 18.1 Å². The van der Waals surface area contributed by atoms with Crippen molar-refractivity contribution >= 4 is 40.2 Å². The fraction of sp³-hybridized carbons (Fsp3) is 0.818. The molecule has 0 radical (unpaired) electrons. The Hall–Kier alpha value is 0.237. The number of hydrogen-bond acceptors (Lipinski definition) is 4. The van der Waals surface area contributed by atoms with E-state index in [1.165, 1.54) is 0 Å². The number of hydrogen-bond donors (Lipinski definition) is 1. The van der Waals surface area contributed by atoms with Crippen molar-refractivity contribution in [2.45, 2.75) is 51.6 Å². The Kier molecular flexibility index (Phi) is 5.77. The van der Waals surface area contributed by atoms with Gasteiger partial charge < -0.3 is 9.53 Å². The van der Waals surface area contributed by atoms with Gasteiger partial charge in [-0.25, -0.2) is 4.68 Å². The van der Waals surface area contributed by atoms with Crippen molar-refractivity contribution in [3.05, 3.63) is 9.47 Å². The monoisotopic (exact) mass is 413 g/mol. The summed E-state index contributed by atoms with van der Waals surface area (Å²) in [6, 6.07) is 0. The minimum atomic E-state index is -1.82. The maximum atomic E-state index is 10.0. The summed E-state index contributed by atoms with van der Waals surface area (Å²) in [5, 5.41) is 14.3. The smallest absolute Gasteiger partial charge is 0.218 e. The molecule has 1 aromatic heterocycles. The molecule has 0 fully saturated rings. The summed E-state index contributed by atoms with van der Waals surface area (Å²) < 4.78 is 8.66. The largest absolute Gasteiger partial charge is 0.414 e. The van der Waals surface area contributed by atoms with E-state index in [0.717, 1.165) is 0 Å². The van der Waals surface area contributed by atoms with Gasteiger partial charge in [0.1, 0.15) is 0 Å². The second-order valence-electron chi connectivity index (χ2n) is 6.06. The van der Waals surface area contributed by atoms with Crippen LogP contribution >= 0.6 is 31.9 Å². The fourth-order valence-electron chi connectivity index (χ4n) is 1.19. The Morgan fingerprint density at radius 2 is 1.95 bits per heavy atom. The number of nitrogens with zero attached hydrogens (tertiary/aromatic N) is 3. The van der Waals surface area contributed by atoms with Crippen LogP contribution in [0.25, 0.3) is 0 Å². The van der Waals surface area contributed by atoms with E-state index in [4.69, 9.17) is 4.43 Å². The molecule has 0 spiro atoms. The van der Waals surface area contributed by atoms with E-state index in [-0.39, 0.29) is 5.04 Å². The van der Waals surface area contributed by atoms with Crippen LogP contribution in [0.4, 0.5) is 0 Å². The van der Waals surface area contributed by atoms with Gasteiger partial charge in [0.15, 0.2) is 13.1 Å². The first-order chi connectivity index (χ1) is 8.53. The fourth-order valence-corrected chi connectivity index (χ4v) is 3.22. The molecule has 0 aliphatic carbocycles. The van der Waals surface area contributed by atoms with E-state index >= 15 is 0 Å². The highest BCUT2D eigenvalue weighted by Gasteiger charge is 2.37. The minimum absolute atomic E-state index is 0.142. The van der Waals surface area contributed by atoms with Gasteiger partial charge >= 0.3 is 0 Å². The van der Waals surface area contributed by atoms with Gasteiger partial charge in [0.05, 0.1) is 19.3 Å². The average Bonchev–Trinajstić information content (AvgIpc) is 2.53. The lowest BCUT2D eigenvalue weighted by Gasteiger charge is -2.36. The normalized spacial score (nSPS) is 14.7. The van der Waals surface area contributed by atoms with E-state index in [2.05, 4.69) is 75.8 Å². The van der Waals surface area contributed by atoms with Crippen LogP contribution in [0.3, 0.4) is 0 Å². The first-order valence-corrected chi connectivity index (χ1v) is 10.6. The highest BCUT2D eigenvalue weighted by Crippen LogP contribution is 2.36. The minimum Gasteiger partial charge on any atom is -0.414 e. The van der Waals surface area contributed by atoms with Crippen molar-refractivity contribution in [3.8, 4) is 0 Å². The summed E-state index contributed by atoms with van der Waals surface area (Å²) in [4.78, 5) is 4.05. The molecule has 1 rings (SSSR count). The molecule has 1 atom stereocenters. The molecule has 0 aliphatic heterocycles. The molecule has 5 nitrogen and oxygen atoms in total. The van der Waals surface area contributed by atoms with E-state index in [0.29, 0.717) is 22.6 Å². The Morgan fingerprint density at radius 3 is 2.37 bits per heavy atom. The molecule has 1 N–H and O–H groups in total. The Balaban J connectivity index is 2.53. The highest BCUT2D eigenvalue weighted by atomic mass is 79.9. The van der Waals surface area contributed by atoms with Gasteiger partial charge in [-0.3, -0.25) is 0 Å². The number of rotatable bonds is 5. The zero-order valence-corrected chi connectivity index (χ0v) is 16.1. The first kappa shape index (κ1) is 17.3. The number of aromatic nitrogens is 3. The van der Waals surface area contributed by atoms with Gasteiger partial charge in [-0.1, -0.05) is 20.8 Å². The van der Waals surface area contributed by atoms with Crippen LogP contribution in [0.1, 0.15) is 20.8 Å². The maximum Gasteiger partial charge on any atom is 0.218 e. The molecule has 110 valence electrons. The van der Waals surface area contributed by atoms with Gasteiger partial charge in [-0.2, -0.15) is 4.98 Å². The molecule has 0 bridgehead atoms. The van der Waals surface area contributed by atoms with E-state index in [1.54, 1.807) is 4.68 Å². The Bertz CT molecular complexity index is 432. The van der Waals surface area contributed by atoms with Gasteiger partial charge in [-0.15, -0.1) is 5.10 Å². The standard InChI is InChI=1S/C11H21Br2N3O2Si/c1-11(2,3)19(4,5)18-7-8(17)6-16-10(13)14-9(12)15-16/h8,17H,6-7H2,1-5H3. The molecule has 0 saturated heterocycles. The van der Waals surface area contributed by atoms with Crippen molar-refractivity contribution in [1.29, 1.82) is 0 Å². The lowest BCUT2D eigenvalue weighted by atomic mass is 10.2. The van der Waals surface area contributed by atoms with Gasteiger partial charge in [0.25, 0.3) is 0 Å². The highest BCUT2D eigenvalue weighted by molar-refractivity contribution is 9.11. The maximum absolute atomic E-state index is 10.0. The molecule has 1 heterocycles. The Morgan fingerprint density at radius 1 is 1.37 bits per heavy atom. The summed E-state index contributed by atoms with van der Waals surface area (Å²) >= 11 is 6.47. The number of aliphatic hydroxyl groups excluding tert-OH is 1. The third-order valence-electron chi connectivity index (χ3n) is 3.43. The summed E-state index contributed by atoms with van der Waals surface area (Å²) in [5.74, 6) is 0. The molecular weight excluding hydrogens is 394 g/mol. The predicted molar refractivity (Wildman–Crippen MR) is 84.6 cm³/mol. The van der Waals surface area contributed by atoms with Crippen LogP contribution in [0.15, 0.2) is 9.47 Å². The van der Waals surface area contributed by atoms with Crippen LogP contribution < -0.4 is 0 Å². The van der Waals surface area contributed by atoms with Crippen molar-refractivity contribution in [1.82, 2.24) is 14.8 Å². The van der Waals surface area contributed by atoms with Crippen LogP contribution in [-0.4, -0.2) is 40.9 Å². The van der Waals surface area contributed by atoms with Crippen LogP contribution in [-0.2, 0) is 11.0 Å². The molecule has 0 amide bonds. The molecule has 0 aromatic carbocycles. The summed E-state index contributed by atoms with van der Waals surface area (Å²) in [6.07, 6.45) is -0.598. The second kappa shape index (κ2) is 6.34. The first-order valence-electron chi connectivity index (χ1n) is 6.11. The van der Waals surface area contributed by atoms with Crippen molar-refractivity contribution in [2.75, 3.05) is 6.61 Å². The van der Waals surface area contributed by atoms with E-state index in [9.17, 15) is 5.11 Å². The average molecular weight is 415 g/mol.